The molecular weight excluding hydrogens is 352 g/mol. The maximum absolute atomic E-state index is 10.2. The zero-order valence-electron chi connectivity index (χ0n) is 19.7. The zero-order chi connectivity index (χ0) is 21.0. The summed E-state index contributed by atoms with van der Waals surface area (Å²) in [6.45, 7) is 14.6. The summed E-state index contributed by atoms with van der Waals surface area (Å²) in [5.41, 5.74) is 4.11. The molecule has 8 atom stereocenters. The van der Waals surface area contributed by atoms with Crippen LogP contribution in [0.25, 0.3) is 0 Å². The second-order valence-electron chi connectivity index (χ2n) is 11.8. The van der Waals surface area contributed by atoms with E-state index in [0.29, 0.717) is 28.6 Å². The molecule has 0 bridgehead atoms. The van der Waals surface area contributed by atoms with Gasteiger partial charge < -0.3 is 5.11 Å². The van der Waals surface area contributed by atoms with Crippen LogP contribution in [-0.4, -0.2) is 11.2 Å². The van der Waals surface area contributed by atoms with Crippen molar-refractivity contribution in [2.45, 2.75) is 92.6 Å². The van der Waals surface area contributed by atoms with Crippen molar-refractivity contribution in [1.29, 1.82) is 0 Å². The molecule has 4 rings (SSSR count). The predicted octanol–water partition coefficient (Wildman–Crippen LogP) is 7.33. The quantitative estimate of drug-likeness (QED) is 0.493. The molecule has 1 heteroatoms. The van der Waals surface area contributed by atoms with E-state index in [1.807, 2.05) is 0 Å². The molecule has 0 aromatic carbocycles. The average molecular weight is 397 g/mol. The van der Waals surface area contributed by atoms with Crippen LogP contribution >= 0.6 is 0 Å². The van der Waals surface area contributed by atoms with Gasteiger partial charge in [-0.2, -0.15) is 0 Å². The fourth-order valence-corrected chi connectivity index (χ4v) is 7.44. The molecule has 0 saturated heterocycles. The molecule has 0 aromatic heterocycles. The van der Waals surface area contributed by atoms with Crippen LogP contribution in [0.15, 0.2) is 35.5 Å². The Morgan fingerprint density at radius 2 is 1.79 bits per heavy atom. The maximum Gasteiger partial charge on any atom is 0.0543 e. The molecule has 2 saturated carbocycles. The van der Waals surface area contributed by atoms with E-state index in [9.17, 15) is 5.11 Å². The van der Waals surface area contributed by atoms with Crippen molar-refractivity contribution in [3.8, 4) is 0 Å². The number of rotatable bonds is 4. The Bertz CT molecular complexity index is 712. The molecule has 1 nitrogen and oxygen atoms in total. The Labute approximate surface area is 179 Å². The van der Waals surface area contributed by atoms with Gasteiger partial charge in [0, 0.05) is 0 Å². The van der Waals surface area contributed by atoms with Crippen LogP contribution in [-0.2, 0) is 0 Å². The van der Waals surface area contributed by atoms with Gasteiger partial charge in [0.2, 0.25) is 0 Å². The third-order valence-electron chi connectivity index (χ3n) is 9.94. The van der Waals surface area contributed by atoms with E-state index in [2.05, 4.69) is 65.8 Å². The number of aliphatic hydroxyl groups is 1. The largest absolute Gasteiger partial charge is 0.393 e. The summed E-state index contributed by atoms with van der Waals surface area (Å²) in [5.74, 6) is 4.23. The summed E-state index contributed by atoms with van der Waals surface area (Å²) < 4.78 is 0. The van der Waals surface area contributed by atoms with Gasteiger partial charge in [0.25, 0.3) is 0 Å². The van der Waals surface area contributed by atoms with Crippen molar-refractivity contribution in [2.75, 3.05) is 0 Å². The molecule has 1 N–H and O–H groups in total. The van der Waals surface area contributed by atoms with Crippen LogP contribution in [0.4, 0.5) is 0 Å². The Kier molecular flexibility index (Phi) is 5.69. The summed E-state index contributed by atoms with van der Waals surface area (Å²) in [6, 6.07) is 0. The van der Waals surface area contributed by atoms with Crippen molar-refractivity contribution >= 4 is 0 Å². The Balaban J connectivity index is 1.58. The van der Waals surface area contributed by atoms with E-state index in [1.165, 1.54) is 32.1 Å². The Morgan fingerprint density at radius 3 is 2.52 bits per heavy atom. The van der Waals surface area contributed by atoms with Gasteiger partial charge in [-0.3, -0.25) is 0 Å². The van der Waals surface area contributed by atoms with Crippen LogP contribution in [0.1, 0.15) is 86.5 Å². The molecule has 0 radical (unpaired) electrons. The number of aliphatic hydroxyl groups excluding tert-OH is 1. The molecule has 4 aliphatic rings. The van der Waals surface area contributed by atoms with E-state index in [0.717, 1.165) is 30.6 Å². The number of hydrogen-bond donors (Lipinski definition) is 1. The molecule has 29 heavy (non-hydrogen) atoms. The highest BCUT2D eigenvalue weighted by Crippen LogP contribution is 2.64. The molecule has 4 aliphatic carbocycles. The van der Waals surface area contributed by atoms with Crippen molar-refractivity contribution in [1.82, 2.24) is 0 Å². The van der Waals surface area contributed by atoms with Crippen molar-refractivity contribution in [3.63, 3.8) is 0 Å². The highest BCUT2D eigenvalue weighted by Gasteiger charge is 2.55. The van der Waals surface area contributed by atoms with Crippen LogP contribution in [0.2, 0.25) is 0 Å². The second kappa shape index (κ2) is 7.70. The van der Waals surface area contributed by atoms with E-state index in [4.69, 9.17) is 0 Å². The van der Waals surface area contributed by atoms with Gasteiger partial charge >= 0.3 is 0 Å². The van der Waals surface area contributed by atoms with Gasteiger partial charge in [-0.1, -0.05) is 65.8 Å². The molecule has 0 spiro atoms. The molecule has 0 amide bonds. The molecule has 0 aliphatic heterocycles. The standard InChI is InChI=1S/C28H44O/c1-18(2)19(3)7-8-20(4)24-11-12-25-23-10-9-21-17-22(29)13-15-27(21,5)26(23)14-16-28(24,25)6/h7-8,10,14,18-22,24-25,29H,9,11-13,15-17H2,1-6H3/b8-7+/t19-,20+,21?,22?,24+,25-,27-,28+/m0/s1. The van der Waals surface area contributed by atoms with Crippen LogP contribution in [0.5, 0.6) is 0 Å². The first-order valence-corrected chi connectivity index (χ1v) is 12.4. The molecule has 2 unspecified atom stereocenters. The fourth-order valence-electron chi connectivity index (χ4n) is 7.44. The average Bonchev–Trinajstić information content (AvgIpc) is 3.03. The van der Waals surface area contributed by atoms with E-state index < -0.39 is 0 Å². The molecule has 162 valence electrons. The van der Waals surface area contributed by atoms with Crippen LogP contribution in [0, 0.1) is 46.3 Å². The number of hydrogen-bond acceptors (Lipinski definition) is 1. The van der Waals surface area contributed by atoms with E-state index in [1.54, 1.807) is 11.1 Å². The minimum Gasteiger partial charge on any atom is -0.393 e. The van der Waals surface area contributed by atoms with E-state index in [-0.39, 0.29) is 6.10 Å². The molecule has 2 fully saturated rings. The lowest BCUT2D eigenvalue weighted by molar-refractivity contribution is 0.0316. The smallest absolute Gasteiger partial charge is 0.0543 e. The van der Waals surface area contributed by atoms with Crippen LogP contribution in [0.3, 0.4) is 0 Å². The first kappa shape index (κ1) is 21.4. The Hall–Kier alpha value is -0.820. The monoisotopic (exact) mass is 396 g/mol. The highest BCUT2D eigenvalue weighted by molar-refractivity contribution is 5.46. The fraction of sp³-hybridized carbons (Fsp3) is 0.786. The lowest BCUT2D eigenvalue weighted by atomic mass is 9.51. The topological polar surface area (TPSA) is 20.2 Å². The Morgan fingerprint density at radius 1 is 1.03 bits per heavy atom. The van der Waals surface area contributed by atoms with Gasteiger partial charge in [-0.25, -0.2) is 0 Å². The van der Waals surface area contributed by atoms with Gasteiger partial charge in [-0.15, -0.1) is 0 Å². The first-order chi connectivity index (χ1) is 13.7. The summed E-state index contributed by atoms with van der Waals surface area (Å²) in [5, 5.41) is 10.2. The van der Waals surface area contributed by atoms with Crippen molar-refractivity contribution in [3.05, 3.63) is 35.5 Å². The minimum atomic E-state index is -0.0748. The van der Waals surface area contributed by atoms with Crippen molar-refractivity contribution in [2.24, 2.45) is 46.3 Å². The first-order valence-electron chi connectivity index (χ1n) is 12.4. The third-order valence-corrected chi connectivity index (χ3v) is 9.94. The summed E-state index contributed by atoms with van der Waals surface area (Å²) in [4.78, 5) is 0. The summed E-state index contributed by atoms with van der Waals surface area (Å²) in [7, 11) is 0. The molecule has 0 heterocycles. The number of fused-ring (bicyclic) bond motifs is 5. The number of allylic oxidation sites excluding steroid dienone is 6. The highest BCUT2D eigenvalue weighted by atomic mass is 16.3. The minimum absolute atomic E-state index is 0.0748. The second-order valence-corrected chi connectivity index (χ2v) is 11.8. The normalized spacial score (nSPS) is 44.0. The lowest BCUT2D eigenvalue weighted by Crippen LogP contribution is -2.44. The maximum atomic E-state index is 10.2. The predicted molar refractivity (Wildman–Crippen MR) is 123 cm³/mol. The summed E-state index contributed by atoms with van der Waals surface area (Å²) >= 11 is 0. The van der Waals surface area contributed by atoms with Gasteiger partial charge in [0.15, 0.2) is 0 Å². The molecular formula is C28H44O. The van der Waals surface area contributed by atoms with Gasteiger partial charge in [0.05, 0.1) is 6.10 Å². The van der Waals surface area contributed by atoms with Gasteiger partial charge in [-0.05, 0) is 102 Å². The van der Waals surface area contributed by atoms with Crippen molar-refractivity contribution < 1.29 is 5.11 Å². The third kappa shape index (κ3) is 3.50. The lowest BCUT2D eigenvalue weighted by Gasteiger charge is -2.53. The molecule has 0 aromatic rings. The van der Waals surface area contributed by atoms with Crippen LogP contribution < -0.4 is 0 Å². The zero-order valence-corrected chi connectivity index (χ0v) is 19.7. The SMILES string of the molecule is CC(C)[C@@H](C)/C=C/[C@@H](C)[C@H]1CC[C@H]2C3=CCC4CC(O)CC[C@]4(C)C3=CC[C@]12C. The van der Waals surface area contributed by atoms with E-state index >= 15 is 0 Å². The van der Waals surface area contributed by atoms with Gasteiger partial charge in [0.1, 0.15) is 0 Å². The summed E-state index contributed by atoms with van der Waals surface area (Å²) in [6.07, 6.45) is 18.5.